The van der Waals surface area contributed by atoms with Gasteiger partial charge in [-0.2, -0.15) is 11.8 Å². The number of urea groups is 1. The summed E-state index contributed by atoms with van der Waals surface area (Å²) in [4.78, 5) is 11.4. The van der Waals surface area contributed by atoms with Gasteiger partial charge in [0.15, 0.2) is 0 Å². The fraction of sp³-hybridized carbons (Fsp3) is 0.500. The Hall–Kier alpha value is -1.40. The minimum Gasteiger partial charge on any atom is -0.492 e. The van der Waals surface area contributed by atoms with Gasteiger partial charge in [0, 0.05) is 6.54 Å². The van der Waals surface area contributed by atoms with Crippen molar-refractivity contribution in [1.82, 2.24) is 10.6 Å². The number of carbonyl (C=O) groups excluding carboxylic acids is 1. The van der Waals surface area contributed by atoms with Gasteiger partial charge in [0.2, 0.25) is 0 Å². The molecule has 0 fully saturated rings. The van der Waals surface area contributed by atoms with Gasteiger partial charge in [-0.15, -0.1) is 0 Å². The van der Waals surface area contributed by atoms with Crippen molar-refractivity contribution in [3.8, 4) is 5.75 Å². The lowest BCUT2D eigenvalue weighted by Crippen LogP contribution is -2.41. The molecule has 2 amide bonds. The van der Waals surface area contributed by atoms with Crippen molar-refractivity contribution >= 4 is 17.8 Å². The molecular formula is C14H22N2O3S. The Morgan fingerprint density at radius 2 is 2.10 bits per heavy atom. The Balaban J connectivity index is 2.03. The molecule has 0 heterocycles. The van der Waals surface area contributed by atoms with Crippen LogP contribution >= 0.6 is 11.8 Å². The summed E-state index contributed by atoms with van der Waals surface area (Å²) in [7, 11) is 0. The van der Waals surface area contributed by atoms with Gasteiger partial charge in [-0.25, -0.2) is 4.79 Å². The number of hydrogen-bond acceptors (Lipinski definition) is 4. The highest BCUT2D eigenvalue weighted by Gasteiger charge is 2.05. The maximum absolute atomic E-state index is 11.4. The molecule has 0 saturated carbocycles. The number of aliphatic hydroxyl groups excluding tert-OH is 1. The highest BCUT2D eigenvalue weighted by atomic mass is 32.2. The second kappa shape index (κ2) is 10.4. The largest absolute Gasteiger partial charge is 0.492 e. The van der Waals surface area contributed by atoms with Crippen LogP contribution in [0.3, 0.4) is 0 Å². The smallest absolute Gasteiger partial charge is 0.315 e. The maximum atomic E-state index is 11.4. The van der Waals surface area contributed by atoms with E-state index in [2.05, 4.69) is 10.6 Å². The first-order chi connectivity index (χ1) is 9.72. The molecule has 0 spiro atoms. The number of aliphatic hydroxyl groups is 1. The fourth-order valence-electron chi connectivity index (χ4n) is 1.48. The Morgan fingerprint density at radius 3 is 2.80 bits per heavy atom. The summed E-state index contributed by atoms with van der Waals surface area (Å²) in [6.07, 6.45) is 2.17. The number of hydrogen-bond donors (Lipinski definition) is 3. The lowest BCUT2D eigenvalue weighted by molar-refractivity contribution is 0.167. The number of benzene rings is 1. The quantitative estimate of drug-likeness (QED) is 0.604. The lowest BCUT2D eigenvalue weighted by atomic mass is 10.3. The Labute approximate surface area is 124 Å². The first-order valence-electron chi connectivity index (χ1n) is 6.59. The van der Waals surface area contributed by atoms with Crippen molar-refractivity contribution in [3.05, 3.63) is 30.3 Å². The van der Waals surface area contributed by atoms with Crippen LogP contribution < -0.4 is 15.4 Å². The number of rotatable bonds is 9. The zero-order valence-corrected chi connectivity index (χ0v) is 12.5. The minimum absolute atomic E-state index is 0.270. The van der Waals surface area contributed by atoms with Gasteiger partial charge < -0.3 is 20.5 Å². The number of nitrogens with one attached hydrogen (secondary N) is 2. The second-order valence-electron chi connectivity index (χ2n) is 4.23. The summed E-state index contributed by atoms with van der Waals surface area (Å²) < 4.78 is 5.44. The summed E-state index contributed by atoms with van der Waals surface area (Å²) in [5.41, 5.74) is 0. The third kappa shape index (κ3) is 7.91. The molecule has 1 rings (SSSR count). The predicted octanol–water partition coefficient (Wildman–Crippen LogP) is 1.48. The minimum atomic E-state index is -0.492. The summed E-state index contributed by atoms with van der Waals surface area (Å²) in [5.74, 6) is 1.66. The summed E-state index contributed by atoms with van der Waals surface area (Å²) in [6, 6.07) is 9.15. The van der Waals surface area contributed by atoms with Crippen molar-refractivity contribution in [2.24, 2.45) is 0 Å². The number of carbonyl (C=O) groups is 1. The van der Waals surface area contributed by atoms with E-state index in [4.69, 9.17) is 4.74 Å². The molecule has 0 bridgehead atoms. The molecule has 0 saturated heterocycles. The third-order valence-corrected chi connectivity index (χ3v) is 3.20. The Kier molecular flexibility index (Phi) is 8.66. The molecular weight excluding hydrogens is 276 g/mol. The molecule has 112 valence electrons. The van der Waals surface area contributed by atoms with Crippen LogP contribution in [0.4, 0.5) is 4.79 Å². The van der Waals surface area contributed by atoms with Gasteiger partial charge in [-0.05, 0) is 30.6 Å². The summed E-state index contributed by atoms with van der Waals surface area (Å²) in [5, 5.41) is 14.9. The fourth-order valence-corrected chi connectivity index (χ4v) is 1.99. The lowest BCUT2D eigenvalue weighted by Gasteiger charge is -2.12. The van der Waals surface area contributed by atoms with Crippen molar-refractivity contribution in [1.29, 1.82) is 0 Å². The molecule has 0 aliphatic heterocycles. The number of para-hydroxylation sites is 1. The molecule has 0 aliphatic carbocycles. The highest BCUT2D eigenvalue weighted by molar-refractivity contribution is 7.98. The molecule has 20 heavy (non-hydrogen) atoms. The molecule has 1 aromatic rings. The van der Waals surface area contributed by atoms with Crippen molar-refractivity contribution in [2.75, 3.05) is 31.7 Å². The molecule has 1 aromatic carbocycles. The van der Waals surface area contributed by atoms with E-state index in [0.717, 1.165) is 11.5 Å². The zero-order valence-electron chi connectivity index (χ0n) is 11.7. The molecule has 5 nitrogen and oxygen atoms in total. The van der Waals surface area contributed by atoms with Crippen molar-refractivity contribution in [3.63, 3.8) is 0 Å². The van der Waals surface area contributed by atoms with E-state index in [0.29, 0.717) is 19.6 Å². The monoisotopic (exact) mass is 298 g/mol. The van der Waals surface area contributed by atoms with Gasteiger partial charge in [-0.1, -0.05) is 18.2 Å². The first kappa shape index (κ1) is 16.7. The van der Waals surface area contributed by atoms with E-state index in [1.807, 2.05) is 36.6 Å². The molecule has 0 radical (unpaired) electrons. The van der Waals surface area contributed by atoms with E-state index in [9.17, 15) is 9.90 Å². The van der Waals surface area contributed by atoms with Crippen molar-refractivity contribution in [2.45, 2.75) is 12.5 Å². The average molecular weight is 298 g/mol. The van der Waals surface area contributed by atoms with Crippen LogP contribution in [-0.2, 0) is 0 Å². The van der Waals surface area contributed by atoms with E-state index in [-0.39, 0.29) is 12.6 Å². The van der Waals surface area contributed by atoms with Gasteiger partial charge >= 0.3 is 6.03 Å². The van der Waals surface area contributed by atoms with Crippen LogP contribution in [0.25, 0.3) is 0 Å². The van der Waals surface area contributed by atoms with Crippen LogP contribution in [0.15, 0.2) is 30.3 Å². The third-order valence-electron chi connectivity index (χ3n) is 2.55. The van der Waals surface area contributed by atoms with Crippen LogP contribution in [-0.4, -0.2) is 48.9 Å². The molecule has 0 aromatic heterocycles. The van der Waals surface area contributed by atoms with Gasteiger partial charge in [0.1, 0.15) is 12.4 Å². The molecule has 3 N–H and O–H groups in total. The number of amides is 2. The molecule has 6 heteroatoms. The van der Waals surface area contributed by atoms with Crippen LogP contribution in [0, 0.1) is 0 Å². The molecule has 1 unspecified atom stereocenters. The number of thioether (sulfide) groups is 1. The average Bonchev–Trinajstić information content (AvgIpc) is 2.48. The zero-order chi connectivity index (χ0) is 14.6. The SMILES string of the molecule is CSCCC(O)CNC(=O)NCCOc1ccccc1. The van der Waals surface area contributed by atoms with E-state index in [1.54, 1.807) is 11.8 Å². The van der Waals surface area contributed by atoms with Crippen molar-refractivity contribution < 1.29 is 14.6 Å². The van der Waals surface area contributed by atoms with E-state index >= 15 is 0 Å². The maximum Gasteiger partial charge on any atom is 0.315 e. The predicted molar refractivity (Wildman–Crippen MR) is 82.3 cm³/mol. The normalized spacial score (nSPS) is 11.7. The second-order valence-corrected chi connectivity index (χ2v) is 5.22. The van der Waals surface area contributed by atoms with Crippen LogP contribution in [0.2, 0.25) is 0 Å². The molecule has 1 atom stereocenters. The van der Waals surface area contributed by atoms with Gasteiger partial charge in [-0.3, -0.25) is 0 Å². The topological polar surface area (TPSA) is 70.6 Å². The molecule has 0 aliphatic rings. The summed E-state index contributed by atoms with van der Waals surface area (Å²) >= 11 is 1.67. The van der Waals surface area contributed by atoms with E-state index < -0.39 is 6.10 Å². The Bertz CT molecular complexity index is 376. The van der Waals surface area contributed by atoms with E-state index in [1.165, 1.54) is 0 Å². The Morgan fingerprint density at radius 1 is 1.35 bits per heavy atom. The number of ether oxygens (including phenoxy) is 1. The summed E-state index contributed by atoms with van der Waals surface area (Å²) in [6.45, 7) is 1.10. The standard InChI is InChI=1S/C14H22N2O3S/c1-20-10-7-12(17)11-16-14(18)15-8-9-19-13-5-3-2-4-6-13/h2-6,12,17H,7-11H2,1H3,(H2,15,16,18). The van der Waals surface area contributed by atoms with Crippen LogP contribution in [0.5, 0.6) is 5.75 Å². The first-order valence-corrected chi connectivity index (χ1v) is 7.98. The van der Waals surface area contributed by atoms with Crippen LogP contribution in [0.1, 0.15) is 6.42 Å². The van der Waals surface area contributed by atoms with Gasteiger partial charge in [0.25, 0.3) is 0 Å². The highest BCUT2D eigenvalue weighted by Crippen LogP contribution is 2.07. The van der Waals surface area contributed by atoms with Gasteiger partial charge in [0.05, 0.1) is 12.6 Å².